The molecule has 0 saturated carbocycles. The molecule has 6 heteroatoms. The van der Waals surface area contributed by atoms with Crippen molar-refractivity contribution < 1.29 is 0 Å². The van der Waals surface area contributed by atoms with Crippen molar-refractivity contribution in [3.63, 3.8) is 0 Å². The Kier molecular flexibility index (Phi) is 3.30. The van der Waals surface area contributed by atoms with Crippen LogP contribution >= 0.6 is 23.2 Å². The first-order valence-electron chi connectivity index (χ1n) is 8.18. The third-order valence-corrected chi connectivity index (χ3v) is 5.48. The monoisotopic (exact) mass is 382 g/mol. The van der Waals surface area contributed by atoms with Crippen molar-refractivity contribution in [2.24, 2.45) is 0 Å². The van der Waals surface area contributed by atoms with Crippen molar-refractivity contribution in [3.05, 3.63) is 89.4 Å². The minimum Gasteiger partial charge on any atom is -0.358 e. The summed E-state index contributed by atoms with van der Waals surface area (Å²) in [6, 6.07) is 10.4. The van der Waals surface area contributed by atoms with E-state index in [2.05, 4.69) is 9.97 Å². The zero-order valence-corrected chi connectivity index (χ0v) is 15.0. The molecule has 2 aromatic heterocycles. The molecule has 26 heavy (non-hydrogen) atoms. The molecule has 4 nitrogen and oxygen atoms in total. The molecule has 0 fully saturated rings. The smallest absolute Gasteiger partial charge is 0.193 e. The highest BCUT2D eigenvalue weighted by Gasteiger charge is 2.23. The predicted octanol–water partition coefficient (Wildman–Crippen LogP) is 4.17. The second kappa shape index (κ2) is 5.47. The number of aromatic nitrogens is 2. The van der Waals surface area contributed by atoms with E-state index in [0.29, 0.717) is 44.8 Å². The number of rotatable bonds is 0. The fraction of sp³-hybridized carbons (Fsp3) is 0.100. The van der Waals surface area contributed by atoms with Crippen molar-refractivity contribution in [1.29, 1.82) is 0 Å². The second-order valence-corrected chi connectivity index (χ2v) is 7.43. The topological polar surface area (TPSA) is 65.7 Å². The van der Waals surface area contributed by atoms with E-state index in [1.165, 1.54) is 0 Å². The van der Waals surface area contributed by atoms with E-state index in [9.17, 15) is 9.59 Å². The molecule has 0 saturated heterocycles. The Morgan fingerprint density at radius 1 is 0.692 bits per heavy atom. The number of hydrogen-bond acceptors (Lipinski definition) is 2. The van der Waals surface area contributed by atoms with Gasteiger partial charge in [0.05, 0.1) is 0 Å². The van der Waals surface area contributed by atoms with E-state index < -0.39 is 0 Å². The highest BCUT2D eigenvalue weighted by molar-refractivity contribution is 6.31. The van der Waals surface area contributed by atoms with Gasteiger partial charge in [0.15, 0.2) is 10.9 Å². The zero-order valence-electron chi connectivity index (χ0n) is 13.5. The third-order valence-electron chi connectivity index (χ3n) is 5.01. The quantitative estimate of drug-likeness (QED) is 0.422. The molecule has 0 aliphatic heterocycles. The van der Waals surface area contributed by atoms with E-state index in [4.69, 9.17) is 23.2 Å². The largest absolute Gasteiger partial charge is 0.358 e. The van der Waals surface area contributed by atoms with E-state index in [1.807, 2.05) is 0 Å². The molecule has 2 aromatic carbocycles. The molecule has 4 aromatic rings. The van der Waals surface area contributed by atoms with Gasteiger partial charge in [0.2, 0.25) is 0 Å². The Balaban J connectivity index is 1.79. The minimum atomic E-state index is -0.0426. The van der Waals surface area contributed by atoms with Crippen molar-refractivity contribution in [1.82, 2.24) is 9.97 Å². The van der Waals surface area contributed by atoms with Gasteiger partial charge in [-0.15, -0.1) is 0 Å². The molecule has 0 unspecified atom stereocenters. The van der Waals surface area contributed by atoms with Crippen molar-refractivity contribution in [2.75, 3.05) is 0 Å². The van der Waals surface area contributed by atoms with Crippen LogP contribution in [0.1, 0.15) is 22.5 Å². The third kappa shape index (κ3) is 2.23. The first-order chi connectivity index (χ1) is 12.5. The lowest BCUT2D eigenvalue weighted by atomic mass is 9.90. The average molecular weight is 383 g/mol. The minimum absolute atomic E-state index is 0.0426. The summed E-state index contributed by atoms with van der Waals surface area (Å²) in [6.07, 6.45) is 0.770. The maximum absolute atomic E-state index is 12.9. The molecule has 1 aliphatic rings. The van der Waals surface area contributed by atoms with Crippen molar-refractivity contribution in [2.45, 2.75) is 12.8 Å². The molecule has 1 aliphatic carbocycles. The van der Waals surface area contributed by atoms with Gasteiger partial charge >= 0.3 is 0 Å². The zero-order chi connectivity index (χ0) is 18.0. The van der Waals surface area contributed by atoms with Crippen LogP contribution in [0.2, 0.25) is 10.0 Å². The Morgan fingerprint density at radius 2 is 1.12 bits per heavy atom. The maximum Gasteiger partial charge on any atom is 0.193 e. The molecule has 5 rings (SSSR count). The molecule has 0 amide bonds. The van der Waals surface area contributed by atoms with Gasteiger partial charge < -0.3 is 9.97 Å². The van der Waals surface area contributed by atoms with E-state index in [1.54, 1.807) is 36.4 Å². The van der Waals surface area contributed by atoms with Gasteiger partial charge in [0.1, 0.15) is 0 Å². The Labute approximate surface area is 157 Å². The van der Waals surface area contributed by atoms with Crippen LogP contribution < -0.4 is 10.9 Å². The van der Waals surface area contributed by atoms with Crippen LogP contribution in [-0.2, 0) is 12.8 Å². The van der Waals surface area contributed by atoms with E-state index >= 15 is 0 Å². The number of halogens is 2. The molecule has 2 heterocycles. The lowest BCUT2D eigenvalue weighted by molar-refractivity contribution is 0.905. The highest BCUT2D eigenvalue weighted by Crippen LogP contribution is 2.26. The molecule has 0 atom stereocenters. The predicted molar refractivity (Wildman–Crippen MR) is 105 cm³/mol. The number of H-pyrrole nitrogens is 2. The Bertz CT molecular complexity index is 1250. The molecule has 2 N–H and O–H groups in total. The van der Waals surface area contributed by atoms with Gasteiger partial charge in [-0.05, 0) is 36.4 Å². The fourth-order valence-corrected chi connectivity index (χ4v) is 4.08. The summed E-state index contributed by atoms with van der Waals surface area (Å²) in [5, 5.41) is 2.18. The molecular formula is C20H12Cl2N2O2. The van der Waals surface area contributed by atoms with Gasteiger partial charge in [-0.1, -0.05) is 23.2 Å². The summed E-state index contributed by atoms with van der Waals surface area (Å²) >= 11 is 12.1. The summed E-state index contributed by atoms with van der Waals surface area (Å²) in [5.41, 5.74) is 4.28. The fourth-order valence-electron chi connectivity index (χ4n) is 3.73. The van der Waals surface area contributed by atoms with Crippen molar-refractivity contribution >= 4 is 45.0 Å². The van der Waals surface area contributed by atoms with Crippen LogP contribution in [0.5, 0.6) is 0 Å². The first-order valence-corrected chi connectivity index (χ1v) is 8.93. The van der Waals surface area contributed by atoms with Crippen LogP contribution in [0.3, 0.4) is 0 Å². The normalized spacial score (nSPS) is 13.0. The van der Waals surface area contributed by atoms with Gasteiger partial charge in [0, 0.05) is 67.2 Å². The number of benzene rings is 2. The molecule has 0 spiro atoms. The van der Waals surface area contributed by atoms with Gasteiger partial charge in [-0.3, -0.25) is 9.59 Å². The highest BCUT2D eigenvalue weighted by atomic mass is 35.5. The molecule has 0 radical (unpaired) electrons. The van der Waals surface area contributed by atoms with Crippen LogP contribution in [0.25, 0.3) is 21.8 Å². The number of hydrogen-bond donors (Lipinski definition) is 2. The number of aromatic amines is 2. The summed E-state index contributed by atoms with van der Waals surface area (Å²) in [6.45, 7) is 0. The van der Waals surface area contributed by atoms with Gasteiger partial charge in [0.25, 0.3) is 0 Å². The van der Waals surface area contributed by atoms with E-state index in [0.717, 1.165) is 22.4 Å². The number of nitrogens with one attached hydrogen (secondary N) is 2. The number of pyridine rings is 2. The second-order valence-electron chi connectivity index (χ2n) is 6.56. The lowest BCUT2D eigenvalue weighted by Crippen LogP contribution is -2.25. The summed E-state index contributed by atoms with van der Waals surface area (Å²) in [7, 11) is 0. The summed E-state index contributed by atoms with van der Waals surface area (Å²) < 4.78 is 0. The maximum atomic E-state index is 12.9. The van der Waals surface area contributed by atoms with E-state index in [-0.39, 0.29) is 10.9 Å². The standard InChI is InChI=1S/C20H12Cl2N2O2/c21-9-1-3-15-11(5-9)19(25)13-8-18-14(7-17(13)23-15)20(26)12-6-10(22)2-4-16(12)24-18/h1-6H,7-8H2,(H,23,25)(H,24,26). The SMILES string of the molecule is O=c1c2c([nH]c3ccc(Cl)cc13)Cc1c([nH]c3ccc(Cl)cc3c1=O)C2. The first kappa shape index (κ1) is 15.7. The van der Waals surface area contributed by atoms with Gasteiger partial charge in [-0.25, -0.2) is 0 Å². The number of fused-ring (bicyclic) bond motifs is 4. The van der Waals surface area contributed by atoms with Crippen molar-refractivity contribution in [3.8, 4) is 0 Å². The molecule has 128 valence electrons. The van der Waals surface area contributed by atoms with Crippen LogP contribution in [0, 0.1) is 0 Å². The summed E-state index contributed by atoms with van der Waals surface area (Å²) in [5.74, 6) is 0. The molecular weight excluding hydrogens is 371 g/mol. The van der Waals surface area contributed by atoms with Crippen LogP contribution in [0.15, 0.2) is 46.0 Å². The van der Waals surface area contributed by atoms with Crippen LogP contribution in [0.4, 0.5) is 0 Å². The van der Waals surface area contributed by atoms with Crippen LogP contribution in [-0.4, -0.2) is 9.97 Å². The Hall–Kier alpha value is -2.56. The lowest BCUT2D eigenvalue weighted by Gasteiger charge is -2.20. The molecule has 0 bridgehead atoms. The average Bonchev–Trinajstić information content (AvgIpc) is 2.63. The Morgan fingerprint density at radius 3 is 1.54 bits per heavy atom. The van der Waals surface area contributed by atoms with Gasteiger partial charge in [-0.2, -0.15) is 0 Å². The summed E-state index contributed by atoms with van der Waals surface area (Å²) in [4.78, 5) is 32.5.